The van der Waals surface area contributed by atoms with Crippen molar-refractivity contribution < 1.29 is 9.53 Å². The van der Waals surface area contributed by atoms with Gasteiger partial charge < -0.3 is 9.64 Å². The van der Waals surface area contributed by atoms with Crippen LogP contribution in [0, 0.1) is 5.41 Å². The van der Waals surface area contributed by atoms with Crippen LogP contribution in [0.2, 0.25) is 0 Å². The van der Waals surface area contributed by atoms with Crippen molar-refractivity contribution in [2.45, 2.75) is 60.6 Å². The summed E-state index contributed by atoms with van der Waals surface area (Å²) >= 11 is 0. The van der Waals surface area contributed by atoms with Gasteiger partial charge in [0.25, 0.3) is 0 Å². The molecule has 0 aliphatic carbocycles. The second-order valence-corrected chi connectivity index (χ2v) is 6.65. The molecule has 118 valence electrons. The van der Waals surface area contributed by atoms with Crippen LogP contribution >= 0.6 is 0 Å². The fraction of sp³-hybridized carbons (Fsp3) is 0.667. The van der Waals surface area contributed by atoms with Gasteiger partial charge in [0.1, 0.15) is 6.23 Å². The van der Waals surface area contributed by atoms with Crippen molar-refractivity contribution in [2.24, 2.45) is 5.41 Å². The zero-order chi connectivity index (χ0) is 16.0. The Balaban J connectivity index is 2.76. The average molecular weight is 291 g/mol. The first kappa shape index (κ1) is 17.7. The van der Waals surface area contributed by atoms with E-state index in [0.29, 0.717) is 13.2 Å². The highest BCUT2D eigenvalue weighted by Gasteiger charge is 2.38. The molecule has 21 heavy (non-hydrogen) atoms. The van der Waals surface area contributed by atoms with Gasteiger partial charge in [-0.25, -0.2) is 0 Å². The summed E-state index contributed by atoms with van der Waals surface area (Å²) in [5.74, 6) is 0.0724. The van der Waals surface area contributed by atoms with Gasteiger partial charge in [0, 0.05) is 18.9 Å². The van der Waals surface area contributed by atoms with E-state index < -0.39 is 0 Å². The molecule has 1 fully saturated rings. The maximum atomic E-state index is 11.6. The monoisotopic (exact) mass is 291 g/mol. The highest BCUT2D eigenvalue weighted by molar-refractivity contribution is 5.73. The van der Waals surface area contributed by atoms with Gasteiger partial charge in [0.2, 0.25) is 5.91 Å². The molecule has 0 unspecified atom stereocenters. The van der Waals surface area contributed by atoms with Gasteiger partial charge in [0.15, 0.2) is 0 Å². The van der Waals surface area contributed by atoms with E-state index in [1.165, 1.54) is 11.1 Å². The summed E-state index contributed by atoms with van der Waals surface area (Å²) in [6.07, 6.45) is 6.17. The number of carbonyl (C=O) groups is 1. The Labute approximate surface area is 129 Å². The zero-order valence-electron chi connectivity index (χ0n) is 14.3. The molecule has 0 radical (unpaired) electrons. The Morgan fingerprint density at radius 2 is 2.00 bits per heavy atom. The van der Waals surface area contributed by atoms with Crippen molar-refractivity contribution in [1.82, 2.24) is 4.90 Å². The van der Waals surface area contributed by atoms with Gasteiger partial charge in [-0.1, -0.05) is 25.5 Å². The van der Waals surface area contributed by atoms with Crippen molar-refractivity contribution in [3.8, 4) is 0 Å². The lowest BCUT2D eigenvalue weighted by atomic mass is 9.90. The van der Waals surface area contributed by atoms with Crippen molar-refractivity contribution in [2.75, 3.05) is 13.2 Å². The van der Waals surface area contributed by atoms with E-state index in [1.807, 2.05) is 0 Å². The quantitative estimate of drug-likeness (QED) is 0.564. The minimum absolute atomic E-state index is 0.0724. The van der Waals surface area contributed by atoms with Crippen LogP contribution in [0.4, 0.5) is 0 Å². The van der Waals surface area contributed by atoms with Crippen LogP contribution in [0.15, 0.2) is 29.0 Å². The molecule has 1 aliphatic rings. The first-order chi connectivity index (χ1) is 9.74. The summed E-state index contributed by atoms with van der Waals surface area (Å²) in [6.45, 7) is 13.4. The number of allylic oxidation sites excluding steroid dienone is 2. The average Bonchev–Trinajstić information content (AvgIpc) is 2.86. The Morgan fingerprint density at radius 1 is 1.33 bits per heavy atom. The molecule has 0 N–H and O–H groups in total. The van der Waals surface area contributed by atoms with E-state index in [-0.39, 0.29) is 17.6 Å². The van der Waals surface area contributed by atoms with E-state index in [2.05, 4.69) is 52.5 Å². The lowest BCUT2D eigenvalue weighted by Gasteiger charge is -2.33. The minimum atomic E-state index is -0.236. The summed E-state index contributed by atoms with van der Waals surface area (Å²) < 4.78 is 5.75. The Hall–Kier alpha value is -1.31. The van der Waals surface area contributed by atoms with Crippen molar-refractivity contribution in [3.63, 3.8) is 0 Å². The van der Waals surface area contributed by atoms with Gasteiger partial charge in [0.05, 0.1) is 6.61 Å². The standard InChI is InChI=1S/C18H29NO2/c1-14(2)8-7-9-15(3)10-11-18(5,6)17-19(16(4)20)12-13-21-17/h8,11,17H,7,9,12-13H2,1-6H3/t10?,17-/m0/s1. The molecule has 3 nitrogen and oxygen atoms in total. The summed E-state index contributed by atoms with van der Waals surface area (Å²) in [5.41, 5.74) is 5.72. The van der Waals surface area contributed by atoms with Gasteiger partial charge in [-0.05, 0) is 45.3 Å². The molecule has 3 heteroatoms. The molecule has 0 aromatic heterocycles. The SMILES string of the molecule is CC(=O)N1CCO[C@H]1C(C)(C)C=C=C(C)CCC=C(C)C. The highest BCUT2D eigenvalue weighted by atomic mass is 16.5. The predicted molar refractivity (Wildman–Crippen MR) is 86.8 cm³/mol. The molecule has 0 aromatic rings. The molecular formula is C18H29NO2. The van der Waals surface area contributed by atoms with Crippen LogP contribution in [0.5, 0.6) is 0 Å². The number of carbonyl (C=O) groups excluding carboxylic acids is 1. The number of rotatable bonds is 5. The van der Waals surface area contributed by atoms with Crippen molar-refractivity contribution >= 4 is 5.91 Å². The molecule has 0 aromatic carbocycles. The second-order valence-electron chi connectivity index (χ2n) is 6.65. The second kappa shape index (κ2) is 7.63. The molecule has 0 saturated carbocycles. The smallest absolute Gasteiger partial charge is 0.221 e. The normalized spacial score (nSPS) is 18.2. The summed E-state index contributed by atoms with van der Waals surface area (Å²) in [7, 11) is 0. The van der Waals surface area contributed by atoms with Gasteiger partial charge >= 0.3 is 0 Å². The van der Waals surface area contributed by atoms with Gasteiger partial charge in [-0.2, -0.15) is 0 Å². The van der Waals surface area contributed by atoms with Crippen LogP contribution < -0.4 is 0 Å². The molecule has 1 amide bonds. The largest absolute Gasteiger partial charge is 0.356 e. The third kappa shape index (κ3) is 5.53. The van der Waals surface area contributed by atoms with Gasteiger partial charge in [-0.3, -0.25) is 4.79 Å². The first-order valence-electron chi connectivity index (χ1n) is 7.69. The Kier molecular flexibility index (Phi) is 6.44. The van der Waals surface area contributed by atoms with E-state index in [4.69, 9.17) is 4.74 Å². The molecule has 1 atom stereocenters. The lowest BCUT2D eigenvalue weighted by molar-refractivity contribution is -0.138. The van der Waals surface area contributed by atoms with E-state index in [1.54, 1.807) is 11.8 Å². The summed E-state index contributed by atoms with van der Waals surface area (Å²) in [5, 5.41) is 0. The summed E-state index contributed by atoms with van der Waals surface area (Å²) in [6, 6.07) is 0. The molecule has 1 aliphatic heterocycles. The molecular weight excluding hydrogens is 262 g/mol. The molecule has 1 saturated heterocycles. The Morgan fingerprint density at radius 3 is 2.57 bits per heavy atom. The number of ether oxygens (including phenoxy) is 1. The van der Waals surface area contributed by atoms with Crippen molar-refractivity contribution in [1.29, 1.82) is 0 Å². The van der Waals surface area contributed by atoms with Crippen LogP contribution in [0.3, 0.4) is 0 Å². The topological polar surface area (TPSA) is 29.5 Å². The van der Waals surface area contributed by atoms with Crippen LogP contribution in [0.25, 0.3) is 0 Å². The lowest BCUT2D eigenvalue weighted by Crippen LogP contribution is -2.43. The third-order valence-corrected chi connectivity index (χ3v) is 3.69. The van der Waals surface area contributed by atoms with Crippen LogP contribution in [-0.2, 0) is 9.53 Å². The van der Waals surface area contributed by atoms with E-state index >= 15 is 0 Å². The number of nitrogens with zero attached hydrogens (tertiary/aromatic N) is 1. The van der Waals surface area contributed by atoms with Crippen LogP contribution in [0.1, 0.15) is 54.4 Å². The van der Waals surface area contributed by atoms with E-state index in [9.17, 15) is 4.79 Å². The van der Waals surface area contributed by atoms with Crippen molar-refractivity contribution in [3.05, 3.63) is 29.0 Å². The summed E-state index contributed by atoms with van der Waals surface area (Å²) in [4.78, 5) is 13.4. The van der Waals surface area contributed by atoms with Gasteiger partial charge in [-0.15, -0.1) is 5.73 Å². The number of hydrogen-bond donors (Lipinski definition) is 0. The molecule has 1 rings (SSSR count). The van der Waals surface area contributed by atoms with Crippen LogP contribution in [-0.4, -0.2) is 30.2 Å². The third-order valence-electron chi connectivity index (χ3n) is 3.69. The molecule has 0 bridgehead atoms. The minimum Gasteiger partial charge on any atom is -0.356 e. The maximum Gasteiger partial charge on any atom is 0.221 e. The maximum absolute atomic E-state index is 11.6. The fourth-order valence-corrected chi connectivity index (χ4v) is 2.44. The highest BCUT2D eigenvalue weighted by Crippen LogP contribution is 2.31. The number of amides is 1. The molecule has 1 heterocycles. The zero-order valence-corrected chi connectivity index (χ0v) is 14.3. The fourth-order valence-electron chi connectivity index (χ4n) is 2.44. The number of hydrogen-bond acceptors (Lipinski definition) is 2. The predicted octanol–water partition coefficient (Wildman–Crippen LogP) is 4.07. The molecule has 0 spiro atoms. The van der Waals surface area contributed by atoms with E-state index in [0.717, 1.165) is 12.8 Å². The first-order valence-corrected chi connectivity index (χ1v) is 7.69. The Bertz CT molecular complexity index is 464.